The summed E-state index contributed by atoms with van der Waals surface area (Å²) in [6, 6.07) is 6.13. The number of rotatable bonds is 4. The predicted octanol–water partition coefficient (Wildman–Crippen LogP) is 6.59. The molecule has 2 amide bonds. The summed E-state index contributed by atoms with van der Waals surface area (Å²) < 4.78 is 28.7. The van der Waals surface area contributed by atoms with E-state index in [-0.39, 0.29) is 54.2 Å². The third-order valence-corrected chi connectivity index (χ3v) is 17.8. The van der Waals surface area contributed by atoms with Gasteiger partial charge in [0.05, 0.1) is 23.0 Å². The molecule has 0 radical (unpaired) electrons. The minimum atomic E-state index is -0.399. The monoisotopic (exact) mass is 814 g/mol. The smallest absolute Gasteiger partial charge is 0.231 e. The number of likely N-dealkylation sites (tertiary alicyclic amines) is 2. The Bertz CT molecular complexity index is 1800. The summed E-state index contributed by atoms with van der Waals surface area (Å²) in [5, 5.41) is 21.3. The molecule has 6 unspecified atom stereocenters. The maximum Gasteiger partial charge on any atom is 0.231 e. The number of amides is 2. The average molecular weight is 815 g/mol. The van der Waals surface area contributed by atoms with Crippen LogP contribution in [0, 0.1) is 58.0 Å². The Kier molecular flexibility index (Phi) is 9.66. The lowest BCUT2D eigenvalue weighted by atomic mass is 9.51. The molecule has 0 aromatic carbocycles. The summed E-state index contributed by atoms with van der Waals surface area (Å²) >= 11 is 0. The summed E-state index contributed by atoms with van der Waals surface area (Å²) in [5.74, 6) is 3.57. The Morgan fingerprint density at radius 1 is 0.576 bits per heavy atom. The molecule has 320 valence electrons. The molecule has 8 bridgehead atoms. The fourth-order valence-corrected chi connectivity index (χ4v) is 15.7. The van der Waals surface area contributed by atoms with E-state index in [0.29, 0.717) is 60.2 Å². The Morgan fingerprint density at radius 3 is 1.34 bits per heavy atom. The third kappa shape index (κ3) is 6.17. The lowest BCUT2D eigenvalue weighted by molar-refractivity contribution is -0.168. The molecule has 12 aliphatic rings. The zero-order valence-electron chi connectivity index (χ0n) is 33.8. The Hall–Kier alpha value is -3.38. The number of pyridine rings is 2. The van der Waals surface area contributed by atoms with Gasteiger partial charge in [-0.15, -0.1) is 0 Å². The lowest BCUT2D eigenvalue weighted by Crippen LogP contribution is -2.65. The largest absolute Gasteiger partial charge is 0.393 e. The number of aliphatic hydroxyl groups excluding tert-OH is 2. The molecule has 2 aromatic rings. The zero-order chi connectivity index (χ0) is 39.6. The van der Waals surface area contributed by atoms with Crippen LogP contribution in [0.3, 0.4) is 0 Å². The molecule has 4 saturated heterocycles. The van der Waals surface area contributed by atoms with Gasteiger partial charge in [0.1, 0.15) is 0 Å². The van der Waals surface area contributed by atoms with E-state index in [1.54, 1.807) is 24.5 Å². The van der Waals surface area contributed by atoms with Crippen LogP contribution in [0.5, 0.6) is 0 Å². The molecule has 12 fully saturated rings. The first kappa shape index (κ1) is 39.7. The molecular formula is C47H64F2N6O4. The summed E-state index contributed by atoms with van der Waals surface area (Å²) in [6.07, 6.45) is 18.9. The highest BCUT2D eigenvalue weighted by Gasteiger charge is 2.64. The molecule has 4 aliphatic heterocycles. The second-order valence-corrected chi connectivity index (χ2v) is 21.0. The van der Waals surface area contributed by atoms with Crippen LogP contribution in [0.1, 0.15) is 110 Å². The Morgan fingerprint density at radius 2 is 0.966 bits per heavy atom. The molecule has 59 heavy (non-hydrogen) atoms. The van der Waals surface area contributed by atoms with Crippen LogP contribution < -0.4 is 9.80 Å². The maximum absolute atomic E-state index is 14.3. The van der Waals surface area contributed by atoms with E-state index in [4.69, 9.17) is 0 Å². The molecule has 2 aromatic heterocycles. The van der Waals surface area contributed by atoms with E-state index in [1.807, 2.05) is 9.80 Å². The predicted molar refractivity (Wildman–Crippen MR) is 220 cm³/mol. The molecular weight excluding hydrogens is 751 g/mol. The molecule has 8 saturated carbocycles. The van der Waals surface area contributed by atoms with Gasteiger partial charge in [-0.3, -0.25) is 9.59 Å². The number of anilines is 2. The van der Waals surface area contributed by atoms with Crippen molar-refractivity contribution in [2.75, 3.05) is 49.1 Å². The van der Waals surface area contributed by atoms with E-state index >= 15 is 0 Å². The Balaban J connectivity index is 0.000000140. The second-order valence-electron chi connectivity index (χ2n) is 21.0. The fraction of sp³-hybridized carbons (Fsp3) is 0.745. The molecule has 6 heterocycles. The standard InChI is InChI=1S/2C23H30FN3O2.CH4/c2*24-18-3-1-6-25-20(18)26-7-2-4-22(14-26)5-8-27(21(22)29)23-11-15-9-16(12-23)19(28)17(10-15)13-23;/h2*1,3,6,15-17,19,28H,2,4-5,7-14H2;1H4. The van der Waals surface area contributed by atoms with Crippen molar-refractivity contribution in [3.05, 3.63) is 48.3 Å². The van der Waals surface area contributed by atoms with Gasteiger partial charge in [0.2, 0.25) is 11.8 Å². The van der Waals surface area contributed by atoms with Crippen molar-refractivity contribution in [3.8, 4) is 0 Å². The highest BCUT2D eigenvalue weighted by Crippen LogP contribution is 2.61. The zero-order valence-corrected chi connectivity index (χ0v) is 33.8. The van der Waals surface area contributed by atoms with Crippen LogP contribution in [0.15, 0.2) is 36.7 Å². The molecule has 2 N–H and O–H groups in total. The molecule has 6 atom stereocenters. The van der Waals surface area contributed by atoms with E-state index in [9.17, 15) is 28.6 Å². The highest BCUT2D eigenvalue weighted by molar-refractivity contribution is 5.87. The van der Waals surface area contributed by atoms with Crippen molar-refractivity contribution in [1.82, 2.24) is 19.8 Å². The van der Waals surface area contributed by atoms with Crippen molar-refractivity contribution in [1.29, 1.82) is 0 Å². The quantitative estimate of drug-likeness (QED) is 0.356. The summed E-state index contributed by atoms with van der Waals surface area (Å²) in [7, 11) is 0. The molecule has 14 rings (SSSR count). The van der Waals surface area contributed by atoms with Crippen LogP contribution in [0.25, 0.3) is 0 Å². The van der Waals surface area contributed by atoms with Crippen molar-refractivity contribution in [3.63, 3.8) is 0 Å². The van der Waals surface area contributed by atoms with Crippen LogP contribution in [-0.4, -0.2) is 104 Å². The van der Waals surface area contributed by atoms with Crippen molar-refractivity contribution in [2.24, 2.45) is 46.3 Å². The summed E-state index contributed by atoms with van der Waals surface area (Å²) in [5.41, 5.74) is -0.863. The summed E-state index contributed by atoms with van der Waals surface area (Å²) in [6.45, 7) is 4.30. The third-order valence-electron chi connectivity index (χ3n) is 17.8. The lowest BCUT2D eigenvalue weighted by Gasteiger charge is -2.61. The van der Waals surface area contributed by atoms with Gasteiger partial charge in [-0.25, -0.2) is 18.7 Å². The van der Waals surface area contributed by atoms with Crippen molar-refractivity contribution in [2.45, 2.75) is 133 Å². The van der Waals surface area contributed by atoms with E-state index < -0.39 is 10.8 Å². The van der Waals surface area contributed by atoms with Gasteiger partial charge < -0.3 is 29.8 Å². The molecule has 2 spiro atoms. The van der Waals surface area contributed by atoms with Gasteiger partial charge in [0, 0.05) is 62.7 Å². The van der Waals surface area contributed by atoms with Gasteiger partial charge in [-0.2, -0.15) is 0 Å². The number of carbonyl (C=O) groups excluding carboxylic acids is 2. The first-order chi connectivity index (χ1) is 28.0. The molecule has 12 heteroatoms. The van der Waals surface area contributed by atoms with Gasteiger partial charge in [0.15, 0.2) is 23.3 Å². The molecule has 8 aliphatic carbocycles. The number of hydrogen-bond donors (Lipinski definition) is 2. The second kappa shape index (κ2) is 14.3. The number of carbonyl (C=O) groups is 2. The number of piperidine rings is 2. The van der Waals surface area contributed by atoms with E-state index in [2.05, 4.69) is 19.8 Å². The van der Waals surface area contributed by atoms with Gasteiger partial charge in [-0.05, 0) is 163 Å². The number of aromatic nitrogens is 2. The van der Waals surface area contributed by atoms with Gasteiger partial charge in [-0.1, -0.05) is 7.43 Å². The van der Waals surface area contributed by atoms with E-state index in [0.717, 1.165) is 129 Å². The molecule has 10 nitrogen and oxygen atoms in total. The number of aliphatic hydroxyl groups is 2. The van der Waals surface area contributed by atoms with Crippen LogP contribution in [-0.2, 0) is 9.59 Å². The van der Waals surface area contributed by atoms with Crippen LogP contribution >= 0.6 is 0 Å². The van der Waals surface area contributed by atoms with Gasteiger partial charge >= 0.3 is 0 Å². The van der Waals surface area contributed by atoms with Crippen molar-refractivity contribution >= 4 is 23.5 Å². The van der Waals surface area contributed by atoms with Gasteiger partial charge in [0.25, 0.3) is 0 Å². The number of hydrogen-bond acceptors (Lipinski definition) is 8. The normalized spacial score (nSPS) is 42.8. The minimum Gasteiger partial charge on any atom is -0.393 e. The number of halogens is 2. The fourth-order valence-electron chi connectivity index (χ4n) is 15.7. The average Bonchev–Trinajstić information content (AvgIpc) is 3.70. The van der Waals surface area contributed by atoms with E-state index in [1.165, 1.54) is 12.1 Å². The summed E-state index contributed by atoms with van der Waals surface area (Å²) in [4.78, 5) is 44.7. The highest BCUT2D eigenvalue weighted by atomic mass is 19.1. The number of nitrogens with zero attached hydrogens (tertiary/aromatic N) is 6. The Labute approximate surface area is 348 Å². The van der Waals surface area contributed by atoms with Crippen molar-refractivity contribution < 1.29 is 28.6 Å². The van der Waals surface area contributed by atoms with Crippen LogP contribution in [0.2, 0.25) is 0 Å². The minimum absolute atomic E-state index is 0. The van der Waals surface area contributed by atoms with Crippen LogP contribution in [0.4, 0.5) is 20.4 Å². The SMILES string of the molecule is C.O=C1N(C23CC4CC(C2)C(O)C(C4)C3)CCC12CCCN(c1ncccc1F)C2.O=C1N(C23CC4CC(C2)C(O)C(C4)C3)CCC12CCCN(c1ncccc1F)C2. The first-order valence-electron chi connectivity index (χ1n) is 22.7. The first-order valence-corrected chi connectivity index (χ1v) is 22.7. The maximum atomic E-state index is 14.3. The topological polar surface area (TPSA) is 113 Å².